The Hall–Kier alpha value is -1.50. The van der Waals surface area contributed by atoms with Crippen molar-refractivity contribution >= 4 is 0 Å². The number of hydrogen-bond acceptors (Lipinski definition) is 2. The summed E-state index contributed by atoms with van der Waals surface area (Å²) in [5, 5.41) is 0. The van der Waals surface area contributed by atoms with Gasteiger partial charge < -0.3 is 14.4 Å². The Morgan fingerprint density at radius 1 is 1.22 bits per heavy atom. The second kappa shape index (κ2) is 5.85. The summed E-state index contributed by atoms with van der Waals surface area (Å²) in [6.07, 6.45) is 2.10. The standard InChI is InChI=1S/C20H27NO2/c1-19(2)16-11-13-20(3,12-8-14-21(4)5)23-18(16)15-9-6-7-10-17(15)22-19/h6-7,9-10,16,18H,11,13-14H2,1-5H3/p+1/t16-,18-,20+/m1/s1. The first-order valence-electron chi connectivity index (χ1n) is 8.56. The van der Waals surface area contributed by atoms with Crippen molar-refractivity contribution in [2.24, 2.45) is 5.92 Å². The highest BCUT2D eigenvalue weighted by atomic mass is 16.5. The van der Waals surface area contributed by atoms with Gasteiger partial charge in [-0.05, 0) is 45.6 Å². The highest BCUT2D eigenvalue weighted by Gasteiger charge is 2.49. The van der Waals surface area contributed by atoms with Crippen LogP contribution in [0.15, 0.2) is 24.3 Å². The lowest BCUT2D eigenvalue weighted by Gasteiger charge is -2.50. The fourth-order valence-corrected chi connectivity index (χ4v) is 3.66. The molecule has 23 heavy (non-hydrogen) atoms. The monoisotopic (exact) mass is 314 g/mol. The molecule has 1 aromatic rings. The van der Waals surface area contributed by atoms with Crippen LogP contribution in [-0.4, -0.2) is 31.8 Å². The number of para-hydroxylation sites is 1. The van der Waals surface area contributed by atoms with Gasteiger partial charge in [-0.3, -0.25) is 0 Å². The lowest BCUT2D eigenvalue weighted by Crippen LogP contribution is -3.05. The maximum atomic E-state index is 6.56. The van der Waals surface area contributed by atoms with Gasteiger partial charge in [0.2, 0.25) is 0 Å². The van der Waals surface area contributed by atoms with Crippen LogP contribution in [0.25, 0.3) is 0 Å². The van der Waals surface area contributed by atoms with Crippen LogP contribution in [0.5, 0.6) is 5.75 Å². The van der Waals surface area contributed by atoms with Gasteiger partial charge in [0, 0.05) is 11.5 Å². The maximum absolute atomic E-state index is 6.56. The molecule has 0 spiro atoms. The van der Waals surface area contributed by atoms with E-state index in [0.717, 1.165) is 25.1 Å². The highest BCUT2D eigenvalue weighted by molar-refractivity contribution is 5.39. The lowest BCUT2D eigenvalue weighted by molar-refractivity contribution is -0.850. The molecule has 2 aliphatic heterocycles. The molecular formula is C20H28NO2+. The van der Waals surface area contributed by atoms with Crippen molar-refractivity contribution in [3.8, 4) is 17.6 Å². The fraction of sp³-hybridized carbons (Fsp3) is 0.600. The molecule has 0 radical (unpaired) electrons. The van der Waals surface area contributed by atoms with Crippen molar-refractivity contribution in [1.82, 2.24) is 0 Å². The van der Waals surface area contributed by atoms with E-state index in [2.05, 4.69) is 58.8 Å². The zero-order chi connectivity index (χ0) is 16.7. The predicted molar refractivity (Wildman–Crippen MR) is 91.6 cm³/mol. The molecule has 0 saturated carbocycles. The van der Waals surface area contributed by atoms with Gasteiger partial charge in [-0.2, -0.15) is 0 Å². The lowest BCUT2D eigenvalue weighted by atomic mass is 9.73. The highest BCUT2D eigenvalue weighted by Crippen LogP contribution is 2.52. The minimum Gasteiger partial charge on any atom is -0.487 e. The molecule has 0 bridgehead atoms. The molecule has 3 heteroatoms. The van der Waals surface area contributed by atoms with Crippen LogP contribution in [-0.2, 0) is 4.74 Å². The minimum atomic E-state index is -0.364. The Morgan fingerprint density at radius 2 is 1.96 bits per heavy atom. The van der Waals surface area contributed by atoms with Crippen molar-refractivity contribution in [2.45, 2.75) is 50.9 Å². The van der Waals surface area contributed by atoms with Crippen LogP contribution in [0.3, 0.4) is 0 Å². The third kappa shape index (κ3) is 3.24. The van der Waals surface area contributed by atoms with Gasteiger partial charge in [-0.25, -0.2) is 0 Å². The van der Waals surface area contributed by atoms with Crippen LogP contribution in [0, 0.1) is 17.8 Å². The topological polar surface area (TPSA) is 22.9 Å². The number of hydrogen-bond donors (Lipinski definition) is 1. The summed E-state index contributed by atoms with van der Waals surface area (Å²) in [6, 6.07) is 8.26. The molecule has 1 aromatic carbocycles. The van der Waals surface area contributed by atoms with E-state index in [9.17, 15) is 0 Å². The zero-order valence-electron chi connectivity index (χ0n) is 14.9. The van der Waals surface area contributed by atoms with Crippen molar-refractivity contribution in [1.29, 1.82) is 0 Å². The Kier molecular flexibility index (Phi) is 4.16. The Balaban J connectivity index is 1.90. The first-order valence-corrected chi connectivity index (χ1v) is 8.56. The van der Waals surface area contributed by atoms with E-state index in [1.54, 1.807) is 0 Å². The van der Waals surface area contributed by atoms with Gasteiger partial charge in [0.25, 0.3) is 0 Å². The molecule has 0 amide bonds. The summed E-state index contributed by atoms with van der Waals surface area (Å²) in [6.45, 7) is 7.33. The summed E-state index contributed by atoms with van der Waals surface area (Å²) >= 11 is 0. The molecule has 1 N–H and O–H groups in total. The molecule has 3 rings (SSSR count). The van der Waals surface area contributed by atoms with E-state index in [-0.39, 0.29) is 17.3 Å². The second-order valence-electron chi connectivity index (χ2n) is 7.84. The van der Waals surface area contributed by atoms with Crippen molar-refractivity contribution in [2.75, 3.05) is 20.6 Å². The van der Waals surface area contributed by atoms with E-state index in [1.165, 1.54) is 10.5 Å². The summed E-state index contributed by atoms with van der Waals surface area (Å²) < 4.78 is 12.8. The van der Waals surface area contributed by atoms with Crippen LogP contribution in [0.2, 0.25) is 0 Å². The molecule has 0 aliphatic carbocycles. The normalized spacial score (nSPS) is 31.4. The smallest absolute Gasteiger partial charge is 0.139 e. The third-order valence-corrected chi connectivity index (χ3v) is 4.97. The molecule has 1 saturated heterocycles. The van der Waals surface area contributed by atoms with Crippen LogP contribution < -0.4 is 9.64 Å². The second-order valence-corrected chi connectivity index (χ2v) is 7.84. The molecule has 1 fully saturated rings. The van der Waals surface area contributed by atoms with Crippen molar-refractivity contribution in [3.63, 3.8) is 0 Å². The largest absolute Gasteiger partial charge is 0.487 e. The van der Waals surface area contributed by atoms with Crippen molar-refractivity contribution < 1.29 is 14.4 Å². The first-order chi connectivity index (χ1) is 10.8. The number of quaternary nitrogens is 1. The summed E-state index contributed by atoms with van der Waals surface area (Å²) in [4.78, 5) is 1.34. The van der Waals surface area contributed by atoms with Crippen LogP contribution >= 0.6 is 0 Å². The van der Waals surface area contributed by atoms with Gasteiger partial charge in [0.15, 0.2) is 0 Å². The molecule has 0 unspecified atom stereocenters. The zero-order valence-corrected chi connectivity index (χ0v) is 14.9. The Labute approximate surface area is 140 Å². The van der Waals surface area contributed by atoms with Crippen molar-refractivity contribution in [3.05, 3.63) is 29.8 Å². The van der Waals surface area contributed by atoms with Gasteiger partial charge >= 0.3 is 0 Å². The van der Waals surface area contributed by atoms with E-state index in [1.807, 2.05) is 12.1 Å². The van der Waals surface area contributed by atoms with E-state index in [0.29, 0.717) is 5.92 Å². The maximum Gasteiger partial charge on any atom is 0.139 e. The molecule has 2 heterocycles. The molecule has 3 nitrogen and oxygen atoms in total. The average molecular weight is 314 g/mol. The van der Waals surface area contributed by atoms with E-state index >= 15 is 0 Å². The van der Waals surface area contributed by atoms with Gasteiger partial charge in [0.05, 0.1) is 20.2 Å². The summed E-state index contributed by atoms with van der Waals surface area (Å²) in [5.41, 5.74) is 0.599. The molecule has 3 atom stereocenters. The minimum absolute atomic E-state index is 0.0645. The quantitative estimate of drug-likeness (QED) is 0.804. The third-order valence-electron chi connectivity index (χ3n) is 4.97. The van der Waals surface area contributed by atoms with Gasteiger partial charge in [-0.1, -0.05) is 24.1 Å². The molecule has 2 aliphatic rings. The van der Waals surface area contributed by atoms with Gasteiger partial charge in [0.1, 0.15) is 23.5 Å². The number of benzene rings is 1. The van der Waals surface area contributed by atoms with E-state index in [4.69, 9.17) is 9.47 Å². The number of ether oxygens (including phenoxy) is 2. The number of rotatable bonds is 1. The number of fused-ring (bicyclic) bond motifs is 3. The SMILES string of the molecule is C[NH+](C)CC#C[C@@]1(C)CC[C@@H]2[C@H](O1)c1ccccc1OC2(C)C. The predicted octanol–water partition coefficient (Wildman–Crippen LogP) is 2.23. The fourth-order valence-electron chi connectivity index (χ4n) is 3.66. The van der Waals surface area contributed by atoms with Crippen LogP contribution in [0.4, 0.5) is 0 Å². The Bertz CT molecular complexity index is 641. The molecular weight excluding hydrogens is 286 g/mol. The van der Waals surface area contributed by atoms with E-state index < -0.39 is 0 Å². The Morgan fingerprint density at radius 3 is 2.70 bits per heavy atom. The first kappa shape index (κ1) is 16.4. The number of nitrogens with one attached hydrogen (secondary N) is 1. The summed E-state index contributed by atoms with van der Waals surface area (Å²) in [7, 11) is 4.23. The molecule has 0 aromatic heterocycles. The van der Waals surface area contributed by atoms with Crippen LogP contribution in [0.1, 0.15) is 45.3 Å². The average Bonchev–Trinajstić information content (AvgIpc) is 2.46. The summed E-state index contributed by atoms with van der Waals surface area (Å²) in [5.74, 6) is 8.00. The molecule has 124 valence electrons. The van der Waals surface area contributed by atoms with Gasteiger partial charge in [-0.15, -0.1) is 0 Å².